The van der Waals surface area contributed by atoms with Crippen molar-refractivity contribution in [2.45, 2.75) is 12.5 Å². The van der Waals surface area contributed by atoms with Gasteiger partial charge in [0.05, 0.1) is 17.3 Å². The molecule has 3 aromatic rings. The predicted molar refractivity (Wildman–Crippen MR) is 93.2 cm³/mol. The molecule has 0 radical (unpaired) electrons. The van der Waals surface area contributed by atoms with Gasteiger partial charge < -0.3 is 10.1 Å². The highest BCUT2D eigenvalue weighted by Crippen LogP contribution is 2.36. The normalized spacial score (nSPS) is 19.4. The van der Waals surface area contributed by atoms with Crippen LogP contribution >= 0.6 is 0 Å². The van der Waals surface area contributed by atoms with Crippen LogP contribution < -0.4 is 5.32 Å². The molecule has 2 aromatic heterocycles. The van der Waals surface area contributed by atoms with E-state index in [1.807, 2.05) is 6.07 Å². The molecule has 0 saturated carbocycles. The topological polar surface area (TPSA) is 69.0 Å². The second-order valence-corrected chi connectivity index (χ2v) is 6.06. The molecule has 4 rings (SSSR count). The number of carbonyl (C=O) groups excluding carboxylic acids is 1. The van der Waals surface area contributed by atoms with E-state index in [0.29, 0.717) is 18.7 Å². The number of carbonyl (C=O) groups is 1. The number of halogens is 1. The lowest BCUT2D eigenvalue weighted by Crippen LogP contribution is -2.26. The van der Waals surface area contributed by atoms with E-state index in [4.69, 9.17) is 4.74 Å². The molecule has 1 aromatic carbocycles. The number of anilines is 1. The summed E-state index contributed by atoms with van der Waals surface area (Å²) < 4.78 is 20.7. The van der Waals surface area contributed by atoms with Crippen molar-refractivity contribution in [3.05, 3.63) is 72.6 Å². The number of nitrogens with one attached hydrogen (secondary N) is 1. The largest absolute Gasteiger partial charge is 0.371 e. The fourth-order valence-corrected chi connectivity index (χ4v) is 3.15. The molecule has 2 atom stereocenters. The van der Waals surface area contributed by atoms with Crippen molar-refractivity contribution in [2.75, 3.05) is 11.9 Å². The number of nitrogens with zero attached hydrogens (tertiary/aromatic N) is 3. The number of rotatable bonds is 4. The highest BCUT2D eigenvalue weighted by atomic mass is 19.1. The number of hydrogen-bond donors (Lipinski definition) is 1. The Hall–Kier alpha value is -3.06. The fraction of sp³-hybridized carbons (Fsp3) is 0.211. The molecule has 1 saturated heterocycles. The van der Waals surface area contributed by atoms with Crippen molar-refractivity contribution in [1.82, 2.24) is 14.8 Å². The third-order valence-electron chi connectivity index (χ3n) is 4.41. The second-order valence-electron chi connectivity index (χ2n) is 6.06. The first-order chi connectivity index (χ1) is 12.7. The lowest BCUT2D eigenvalue weighted by molar-refractivity contribution is -0.121. The van der Waals surface area contributed by atoms with Crippen LogP contribution in [0.15, 0.2) is 61.1 Å². The number of hydrogen-bond acceptors (Lipinski definition) is 4. The maximum atomic E-state index is 13.2. The Balaban J connectivity index is 1.58. The van der Waals surface area contributed by atoms with Crippen molar-refractivity contribution >= 4 is 11.6 Å². The molecule has 1 fully saturated rings. The van der Waals surface area contributed by atoms with E-state index < -0.39 is 6.10 Å². The summed E-state index contributed by atoms with van der Waals surface area (Å²) in [4.78, 5) is 16.7. The van der Waals surface area contributed by atoms with Gasteiger partial charge in [-0.05, 0) is 48.9 Å². The van der Waals surface area contributed by atoms with Gasteiger partial charge in [0.1, 0.15) is 11.9 Å². The van der Waals surface area contributed by atoms with E-state index in [0.717, 1.165) is 11.4 Å². The monoisotopic (exact) mass is 352 g/mol. The highest BCUT2D eigenvalue weighted by molar-refractivity contribution is 5.93. The molecular formula is C19H17FN4O2. The van der Waals surface area contributed by atoms with Gasteiger partial charge in [-0.1, -0.05) is 0 Å². The summed E-state index contributed by atoms with van der Waals surface area (Å²) in [7, 11) is 0. The van der Waals surface area contributed by atoms with E-state index in [2.05, 4.69) is 15.4 Å². The van der Waals surface area contributed by atoms with Crippen LogP contribution in [0.5, 0.6) is 0 Å². The Morgan fingerprint density at radius 3 is 2.65 bits per heavy atom. The average Bonchev–Trinajstić information content (AvgIpc) is 3.32. The van der Waals surface area contributed by atoms with Crippen LogP contribution in [0.4, 0.5) is 10.1 Å². The Labute approximate surface area is 149 Å². The summed E-state index contributed by atoms with van der Waals surface area (Å²) in [6, 6.07) is 11.4. The number of aromatic nitrogens is 3. The van der Waals surface area contributed by atoms with E-state index in [9.17, 15) is 9.18 Å². The molecule has 0 unspecified atom stereocenters. The van der Waals surface area contributed by atoms with Gasteiger partial charge in [-0.15, -0.1) is 0 Å². The van der Waals surface area contributed by atoms with Crippen LogP contribution in [0.1, 0.15) is 18.2 Å². The summed E-state index contributed by atoms with van der Waals surface area (Å²) in [6.45, 7) is 0.494. The molecule has 26 heavy (non-hydrogen) atoms. The van der Waals surface area contributed by atoms with Crippen LogP contribution in [0.25, 0.3) is 5.69 Å². The number of pyridine rings is 1. The minimum atomic E-state index is -0.413. The zero-order valence-corrected chi connectivity index (χ0v) is 13.9. The van der Waals surface area contributed by atoms with Gasteiger partial charge in [-0.25, -0.2) is 9.07 Å². The zero-order chi connectivity index (χ0) is 17.9. The number of benzene rings is 1. The molecule has 1 amide bonds. The van der Waals surface area contributed by atoms with E-state index >= 15 is 0 Å². The van der Waals surface area contributed by atoms with E-state index in [-0.39, 0.29) is 17.6 Å². The van der Waals surface area contributed by atoms with Crippen molar-refractivity contribution < 1.29 is 13.9 Å². The summed E-state index contributed by atoms with van der Waals surface area (Å²) in [6.07, 6.45) is 5.11. The van der Waals surface area contributed by atoms with Crippen molar-refractivity contribution in [3.63, 3.8) is 0 Å². The summed E-state index contributed by atoms with van der Waals surface area (Å²) in [5.74, 6) is -0.751. The molecule has 0 spiro atoms. The first kappa shape index (κ1) is 16.4. The smallest absolute Gasteiger partial charge is 0.230 e. The summed E-state index contributed by atoms with van der Waals surface area (Å²) in [5, 5.41) is 7.22. The second kappa shape index (κ2) is 7.05. The Morgan fingerprint density at radius 2 is 1.88 bits per heavy atom. The van der Waals surface area contributed by atoms with Crippen molar-refractivity contribution in [1.29, 1.82) is 0 Å². The third-order valence-corrected chi connectivity index (χ3v) is 4.41. The standard InChI is InChI=1S/C19H17FN4O2/c20-13-1-3-15(4-2-13)24-17(7-11-22-24)18-16(8-12-26-18)19(25)23-14-5-9-21-10-6-14/h1-7,9-11,16,18H,8,12H2,(H,21,23,25)/t16-,18-/m0/s1. The summed E-state index contributed by atoms with van der Waals surface area (Å²) in [5.41, 5.74) is 2.18. The minimum Gasteiger partial charge on any atom is -0.371 e. The van der Waals surface area contributed by atoms with Gasteiger partial charge >= 0.3 is 0 Å². The predicted octanol–water partition coefficient (Wildman–Crippen LogP) is 3.12. The van der Waals surface area contributed by atoms with Gasteiger partial charge in [0, 0.05) is 30.9 Å². The van der Waals surface area contributed by atoms with Gasteiger partial charge in [0.15, 0.2) is 0 Å². The molecule has 1 aliphatic rings. The van der Waals surface area contributed by atoms with Crippen molar-refractivity contribution in [3.8, 4) is 5.69 Å². The SMILES string of the molecule is O=C(Nc1ccncc1)[C@H]1CCO[C@@H]1c1ccnn1-c1ccc(F)cc1. The molecule has 0 bridgehead atoms. The lowest BCUT2D eigenvalue weighted by Gasteiger charge is -2.19. The Morgan fingerprint density at radius 1 is 1.12 bits per heavy atom. The first-order valence-electron chi connectivity index (χ1n) is 8.35. The number of ether oxygens (including phenoxy) is 1. The minimum absolute atomic E-state index is 0.106. The molecular weight excluding hydrogens is 335 g/mol. The van der Waals surface area contributed by atoms with Crippen LogP contribution in [0.3, 0.4) is 0 Å². The van der Waals surface area contributed by atoms with E-state index in [1.165, 1.54) is 12.1 Å². The average molecular weight is 352 g/mol. The fourth-order valence-electron chi connectivity index (χ4n) is 3.15. The molecule has 1 aliphatic heterocycles. The van der Waals surface area contributed by atoms with Gasteiger partial charge in [0.2, 0.25) is 5.91 Å². The summed E-state index contributed by atoms with van der Waals surface area (Å²) >= 11 is 0. The Bertz CT molecular complexity index is 895. The first-order valence-corrected chi connectivity index (χ1v) is 8.35. The van der Waals surface area contributed by atoms with Gasteiger partial charge in [-0.2, -0.15) is 5.10 Å². The molecule has 3 heterocycles. The van der Waals surface area contributed by atoms with Crippen LogP contribution in [0.2, 0.25) is 0 Å². The Kier molecular flexibility index (Phi) is 4.45. The van der Waals surface area contributed by atoms with Crippen LogP contribution in [0, 0.1) is 11.7 Å². The van der Waals surface area contributed by atoms with Gasteiger partial charge in [-0.3, -0.25) is 9.78 Å². The zero-order valence-electron chi connectivity index (χ0n) is 13.9. The van der Waals surface area contributed by atoms with Crippen molar-refractivity contribution in [2.24, 2.45) is 5.92 Å². The third kappa shape index (κ3) is 3.21. The van der Waals surface area contributed by atoms with E-state index in [1.54, 1.807) is 47.5 Å². The molecule has 6 nitrogen and oxygen atoms in total. The quantitative estimate of drug-likeness (QED) is 0.783. The van der Waals surface area contributed by atoms with Crippen LogP contribution in [-0.4, -0.2) is 27.3 Å². The molecule has 132 valence electrons. The highest BCUT2D eigenvalue weighted by Gasteiger charge is 2.37. The van der Waals surface area contributed by atoms with Gasteiger partial charge in [0.25, 0.3) is 0 Å². The maximum Gasteiger partial charge on any atom is 0.230 e. The molecule has 1 N–H and O–H groups in total. The van der Waals surface area contributed by atoms with Crippen LogP contribution in [-0.2, 0) is 9.53 Å². The molecule has 0 aliphatic carbocycles. The maximum absolute atomic E-state index is 13.2. The number of amides is 1. The lowest BCUT2D eigenvalue weighted by atomic mass is 9.97. The molecule has 7 heteroatoms.